The molecule has 5 rings (SSSR count). The van der Waals surface area contributed by atoms with Gasteiger partial charge in [0.2, 0.25) is 5.91 Å². The predicted octanol–water partition coefficient (Wildman–Crippen LogP) is 2.84. The number of nitrogens with one attached hydrogen (secondary N) is 2. The van der Waals surface area contributed by atoms with Crippen LogP contribution in [-0.2, 0) is 11.3 Å². The molecule has 3 aromatic carbocycles. The SMILES string of the molecule is C=C(CN1Cc2c(-c3ccc4[nH]nc(-c5cc(OC)cc(C(=O)NC)c5)c4c3)ccc(N)c2C1=O)C(N)=O. The molecular weight excluding hydrogens is 484 g/mol. The van der Waals surface area contributed by atoms with Crippen LogP contribution in [0.15, 0.2) is 60.7 Å². The number of carbonyl (C=O) groups is 3. The Morgan fingerprint density at radius 1 is 1.16 bits per heavy atom. The van der Waals surface area contributed by atoms with Gasteiger partial charge in [-0.2, -0.15) is 5.10 Å². The van der Waals surface area contributed by atoms with Crippen molar-refractivity contribution in [2.75, 3.05) is 26.4 Å². The lowest BCUT2D eigenvalue weighted by molar-refractivity contribution is -0.114. The Balaban J connectivity index is 1.60. The summed E-state index contributed by atoms with van der Waals surface area (Å²) in [5, 5.41) is 11.0. The minimum Gasteiger partial charge on any atom is -0.497 e. The van der Waals surface area contributed by atoms with E-state index >= 15 is 0 Å². The molecule has 1 aliphatic heterocycles. The number of nitrogens with zero attached hydrogens (tertiary/aromatic N) is 2. The van der Waals surface area contributed by atoms with E-state index in [1.165, 1.54) is 4.90 Å². The highest BCUT2D eigenvalue weighted by Crippen LogP contribution is 2.38. The van der Waals surface area contributed by atoms with Crippen LogP contribution in [0.1, 0.15) is 26.3 Å². The Morgan fingerprint density at radius 2 is 1.95 bits per heavy atom. The van der Waals surface area contributed by atoms with Crippen LogP contribution >= 0.6 is 0 Å². The van der Waals surface area contributed by atoms with Crippen molar-refractivity contribution >= 4 is 34.3 Å². The first-order valence-corrected chi connectivity index (χ1v) is 11.8. The summed E-state index contributed by atoms with van der Waals surface area (Å²) in [5.41, 5.74) is 17.5. The van der Waals surface area contributed by atoms with E-state index in [2.05, 4.69) is 22.1 Å². The van der Waals surface area contributed by atoms with Crippen molar-refractivity contribution in [3.05, 3.63) is 77.4 Å². The van der Waals surface area contributed by atoms with Gasteiger partial charge in [-0.1, -0.05) is 18.7 Å². The third-order valence-electron chi connectivity index (χ3n) is 6.70. The van der Waals surface area contributed by atoms with Gasteiger partial charge in [0.05, 0.1) is 24.7 Å². The number of H-pyrrole nitrogens is 1. The molecule has 10 heteroatoms. The molecule has 2 heterocycles. The Hall–Kier alpha value is -5.12. The van der Waals surface area contributed by atoms with Crippen molar-refractivity contribution < 1.29 is 19.1 Å². The molecule has 0 spiro atoms. The Bertz CT molecular complexity index is 1650. The second-order valence-corrected chi connectivity index (χ2v) is 9.05. The number of methoxy groups -OCH3 is 1. The van der Waals surface area contributed by atoms with Crippen molar-refractivity contribution in [2.24, 2.45) is 5.73 Å². The quantitative estimate of drug-likeness (QED) is 0.221. The Morgan fingerprint density at radius 3 is 2.66 bits per heavy atom. The van der Waals surface area contributed by atoms with Gasteiger partial charge in [0.15, 0.2) is 0 Å². The third kappa shape index (κ3) is 4.11. The molecule has 0 radical (unpaired) electrons. The zero-order chi connectivity index (χ0) is 27.1. The van der Waals surface area contributed by atoms with Crippen molar-refractivity contribution in [1.29, 1.82) is 0 Å². The van der Waals surface area contributed by atoms with E-state index in [1.54, 1.807) is 32.4 Å². The van der Waals surface area contributed by atoms with Crippen molar-refractivity contribution in [1.82, 2.24) is 20.4 Å². The van der Waals surface area contributed by atoms with Gasteiger partial charge in [0.1, 0.15) is 11.4 Å². The van der Waals surface area contributed by atoms with Crippen LogP contribution in [0, 0.1) is 0 Å². The summed E-state index contributed by atoms with van der Waals surface area (Å²) < 4.78 is 5.42. The number of fused-ring (bicyclic) bond motifs is 2. The number of anilines is 1. The van der Waals surface area contributed by atoms with E-state index in [9.17, 15) is 14.4 Å². The summed E-state index contributed by atoms with van der Waals surface area (Å²) in [6, 6.07) is 14.6. The lowest BCUT2D eigenvalue weighted by Crippen LogP contribution is -2.30. The van der Waals surface area contributed by atoms with Crippen LogP contribution in [0.3, 0.4) is 0 Å². The predicted molar refractivity (Wildman–Crippen MR) is 144 cm³/mol. The lowest BCUT2D eigenvalue weighted by Gasteiger charge is -2.15. The number of hydrogen-bond donors (Lipinski definition) is 4. The van der Waals surface area contributed by atoms with E-state index in [1.807, 2.05) is 30.3 Å². The summed E-state index contributed by atoms with van der Waals surface area (Å²) in [7, 11) is 3.11. The molecule has 0 aliphatic carbocycles. The number of amides is 3. The normalized spacial score (nSPS) is 12.5. The Labute approximate surface area is 218 Å². The second kappa shape index (κ2) is 9.40. The summed E-state index contributed by atoms with van der Waals surface area (Å²) in [6.07, 6.45) is 0. The standard InChI is InChI=1S/C28H26N6O4/c1-14(26(30)35)12-34-13-21-19(5-6-22(29)24(21)28(34)37)15-4-7-23-20(11-15)25(33-32-23)16-8-17(27(36)31-2)10-18(9-16)38-3/h4-11H,1,12-13,29H2,2-3H3,(H2,30,35)(H,31,36)(H,32,33). The molecule has 3 amide bonds. The molecule has 10 nitrogen and oxygen atoms in total. The maximum atomic E-state index is 13.1. The van der Waals surface area contributed by atoms with Gasteiger partial charge in [-0.15, -0.1) is 0 Å². The monoisotopic (exact) mass is 510 g/mol. The smallest absolute Gasteiger partial charge is 0.256 e. The minimum atomic E-state index is -0.656. The lowest BCUT2D eigenvalue weighted by atomic mass is 9.94. The number of primary amides is 1. The van der Waals surface area contributed by atoms with E-state index < -0.39 is 5.91 Å². The zero-order valence-corrected chi connectivity index (χ0v) is 20.9. The molecular formula is C28H26N6O4. The van der Waals surface area contributed by atoms with E-state index in [-0.39, 0.29) is 30.5 Å². The highest BCUT2D eigenvalue weighted by Gasteiger charge is 2.32. The maximum Gasteiger partial charge on any atom is 0.256 e. The topological polar surface area (TPSA) is 156 Å². The largest absolute Gasteiger partial charge is 0.497 e. The van der Waals surface area contributed by atoms with Crippen LogP contribution in [0.2, 0.25) is 0 Å². The van der Waals surface area contributed by atoms with Crippen molar-refractivity contribution in [2.45, 2.75) is 6.54 Å². The molecule has 0 unspecified atom stereocenters. The highest BCUT2D eigenvalue weighted by molar-refractivity contribution is 6.06. The summed E-state index contributed by atoms with van der Waals surface area (Å²) in [5.74, 6) is -0.640. The van der Waals surface area contributed by atoms with Crippen LogP contribution < -0.4 is 21.5 Å². The molecule has 4 aromatic rings. The van der Waals surface area contributed by atoms with Gasteiger partial charge < -0.3 is 26.4 Å². The molecule has 0 fully saturated rings. The number of ether oxygens (including phenoxy) is 1. The zero-order valence-electron chi connectivity index (χ0n) is 20.9. The first-order chi connectivity index (χ1) is 18.2. The van der Waals surface area contributed by atoms with Crippen molar-refractivity contribution in [3.63, 3.8) is 0 Å². The van der Waals surface area contributed by atoms with Gasteiger partial charge in [-0.3, -0.25) is 19.5 Å². The molecule has 6 N–H and O–H groups in total. The number of aromatic amines is 1. The summed E-state index contributed by atoms with van der Waals surface area (Å²) in [6.45, 7) is 3.97. The number of carbonyl (C=O) groups excluding carboxylic acids is 3. The molecule has 192 valence electrons. The van der Waals surface area contributed by atoms with E-state index in [4.69, 9.17) is 16.2 Å². The van der Waals surface area contributed by atoms with Gasteiger partial charge in [-0.05, 0) is 53.1 Å². The number of hydrogen-bond acceptors (Lipinski definition) is 6. The number of nitrogens with two attached hydrogens (primary N) is 2. The van der Waals surface area contributed by atoms with E-state index in [0.29, 0.717) is 33.8 Å². The number of aromatic nitrogens is 2. The maximum absolute atomic E-state index is 13.1. The molecule has 0 saturated heterocycles. The summed E-state index contributed by atoms with van der Waals surface area (Å²) >= 11 is 0. The fraction of sp³-hybridized carbons (Fsp3) is 0.143. The highest BCUT2D eigenvalue weighted by atomic mass is 16.5. The van der Waals surface area contributed by atoms with Gasteiger partial charge >= 0.3 is 0 Å². The van der Waals surface area contributed by atoms with Crippen LogP contribution in [-0.4, -0.2) is 53.5 Å². The minimum absolute atomic E-state index is 0.0240. The number of benzene rings is 3. The molecule has 1 aliphatic rings. The first-order valence-electron chi connectivity index (χ1n) is 11.8. The van der Waals surface area contributed by atoms with Gasteiger partial charge in [0, 0.05) is 41.4 Å². The first kappa shape index (κ1) is 24.6. The molecule has 38 heavy (non-hydrogen) atoms. The van der Waals surface area contributed by atoms with Crippen molar-refractivity contribution in [3.8, 4) is 28.1 Å². The van der Waals surface area contributed by atoms with Crippen LogP contribution in [0.4, 0.5) is 5.69 Å². The Kier molecular flexibility index (Phi) is 6.08. The average molecular weight is 511 g/mol. The van der Waals surface area contributed by atoms with Gasteiger partial charge in [-0.25, -0.2) is 0 Å². The number of nitrogen functional groups attached to an aromatic ring is 1. The number of rotatable bonds is 7. The fourth-order valence-corrected chi connectivity index (χ4v) is 4.74. The third-order valence-corrected chi connectivity index (χ3v) is 6.70. The molecule has 0 saturated carbocycles. The van der Waals surface area contributed by atoms with Gasteiger partial charge in [0.25, 0.3) is 11.8 Å². The van der Waals surface area contributed by atoms with Crippen LogP contribution in [0.25, 0.3) is 33.3 Å². The molecule has 0 bridgehead atoms. The van der Waals surface area contributed by atoms with Crippen LogP contribution in [0.5, 0.6) is 5.75 Å². The second-order valence-electron chi connectivity index (χ2n) is 9.05. The summed E-state index contributed by atoms with van der Waals surface area (Å²) in [4.78, 5) is 38.5. The van der Waals surface area contributed by atoms with E-state index in [0.717, 1.165) is 27.6 Å². The molecule has 0 atom stereocenters. The fourth-order valence-electron chi connectivity index (χ4n) is 4.74. The molecule has 1 aromatic heterocycles. The average Bonchev–Trinajstić information content (AvgIpc) is 3.49.